The summed E-state index contributed by atoms with van der Waals surface area (Å²) in [7, 11) is 0. The number of rotatable bonds is 5. The molecule has 2 aliphatic rings. The first-order chi connectivity index (χ1) is 12.6. The molecule has 1 aromatic rings. The van der Waals surface area contributed by atoms with Crippen LogP contribution in [0.1, 0.15) is 18.8 Å². The lowest BCUT2D eigenvalue weighted by atomic mass is 10.1. The van der Waals surface area contributed by atoms with Gasteiger partial charge in [0, 0.05) is 11.5 Å². The molecule has 0 aliphatic carbocycles. The smallest absolute Gasteiger partial charge is 0.387 e. The van der Waals surface area contributed by atoms with Crippen molar-refractivity contribution in [1.82, 2.24) is 0 Å². The van der Waals surface area contributed by atoms with E-state index in [0.717, 1.165) is 12.1 Å². The molecule has 5 nitrogen and oxygen atoms in total. The Labute approximate surface area is 149 Å². The number of hydrogen-bond donors (Lipinski definition) is 0. The summed E-state index contributed by atoms with van der Waals surface area (Å²) in [5, 5.41) is 0. The Morgan fingerprint density at radius 3 is 2.35 bits per heavy atom. The average Bonchev–Trinajstić information content (AvgIpc) is 2.64. The van der Waals surface area contributed by atoms with E-state index in [0.29, 0.717) is 32.0 Å². The summed E-state index contributed by atoms with van der Waals surface area (Å²) in [5.41, 5.74) is 0.390. The zero-order chi connectivity index (χ0) is 18.5. The second kappa shape index (κ2) is 8.85. The highest BCUT2D eigenvalue weighted by Crippen LogP contribution is 2.31. The zero-order valence-electron chi connectivity index (χ0n) is 14.3. The summed E-state index contributed by atoms with van der Waals surface area (Å²) in [4.78, 5) is 0. The minimum Gasteiger partial charge on any atom is -0.432 e. The molecule has 144 valence electrons. The first-order valence-electron chi connectivity index (χ1n) is 8.40. The van der Waals surface area contributed by atoms with Crippen molar-refractivity contribution in [1.29, 1.82) is 0 Å². The SMILES string of the molecule is CC=CC1COC(C2COC(c3ccc(OC(F)F)c(F)c3)OC2)OC1. The molecule has 0 bridgehead atoms. The summed E-state index contributed by atoms with van der Waals surface area (Å²) in [6.45, 7) is 0.656. The van der Waals surface area contributed by atoms with Crippen LogP contribution in [0.5, 0.6) is 5.75 Å². The summed E-state index contributed by atoms with van der Waals surface area (Å²) < 4.78 is 64.9. The Morgan fingerprint density at radius 2 is 1.77 bits per heavy atom. The Morgan fingerprint density at radius 1 is 1.08 bits per heavy atom. The van der Waals surface area contributed by atoms with Gasteiger partial charge in [0.2, 0.25) is 0 Å². The lowest BCUT2D eigenvalue weighted by Gasteiger charge is -2.37. The first-order valence-corrected chi connectivity index (χ1v) is 8.40. The minimum atomic E-state index is -3.08. The quantitative estimate of drug-likeness (QED) is 0.737. The van der Waals surface area contributed by atoms with E-state index in [1.54, 1.807) is 0 Å². The molecule has 26 heavy (non-hydrogen) atoms. The van der Waals surface area contributed by atoms with Crippen molar-refractivity contribution in [2.24, 2.45) is 11.8 Å². The molecule has 2 fully saturated rings. The fourth-order valence-electron chi connectivity index (χ4n) is 2.91. The standard InChI is InChI=1S/C18H21F3O5/c1-2-3-11-7-22-17(23-8-11)13-9-24-16(25-10-13)12-4-5-15(14(19)6-12)26-18(20)21/h2-6,11,13,16-18H,7-10H2,1H3. The van der Waals surface area contributed by atoms with Crippen molar-refractivity contribution in [3.8, 4) is 5.75 Å². The molecule has 2 aliphatic heterocycles. The third-order valence-corrected chi connectivity index (χ3v) is 4.17. The van der Waals surface area contributed by atoms with Gasteiger partial charge in [-0.05, 0) is 19.1 Å². The lowest BCUT2D eigenvalue weighted by molar-refractivity contribution is -0.280. The van der Waals surface area contributed by atoms with Crippen molar-refractivity contribution in [3.05, 3.63) is 41.7 Å². The van der Waals surface area contributed by atoms with E-state index < -0.39 is 30.8 Å². The lowest BCUT2D eigenvalue weighted by Crippen LogP contribution is -2.42. The molecule has 0 N–H and O–H groups in total. The predicted molar refractivity (Wildman–Crippen MR) is 85.2 cm³/mol. The Bertz CT molecular complexity index is 609. The topological polar surface area (TPSA) is 46.2 Å². The number of benzene rings is 1. The van der Waals surface area contributed by atoms with Crippen LogP contribution in [-0.2, 0) is 18.9 Å². The van der Waals surface area contributed by atoms with Gasteiger partial charge in [-0.15, -0.1) is 0 Å². The van der Waals surface area contributed by atoms with Crippen LogP contribution in [0.15, 0.2) is 30.4 Å². The van der Waals surface area contributed by atoms with Crippen LogP contribution in [0.4, 0.5) is 13.2 Å². The van der Waals surface area contributed by atoms with E-state index in [9.17, 15) is 13.2 Å². The molecule has 8 heteroatoms. The number of ether oxygens (including phenoxy) is 5. The molecule has 0 unspecified atom stereocenters. The Balaban J connectivity index is 1.52. The van der Waals surface area contributed by atoms with Crippen LogP contribution < -0.4 is 4.74 Å². The fraction of sp³-hybridized carbons (Fsp3) is 0.556. The molecule has 0 radical (unpaired) electrons. The van der Waals surface area contributed by atoms with E-state index in [1.165, 1.54) is 6.07 Å². The average molecular weight is 374 g/mol. The second-order valence-electron chi connectivity index (χ2n) is 6.15. The third kappa shape index (κ3) is 4.76. The van der Waals surface area contributed by atoms with Gasteiger partial charge in [0.1, 0.15) is 0 Å². The van der Waals surface area contributed by atoms with Crippen molar-refractivity contribution in [2.45, 2.75) is 26.1 Å². The van der Waals surface area contributed by atoms with Crippen molar-refractivity contribution < 1.29 is 36.9 Å². The third-order valence-electron chi connectivity index (χ3n) is 4.17. The van der Waals surface area contributed by atoms with Crippen LogP contribution in [-0.4, -0.2) is 39.3 Å². The van der Waals surface area contributed by atoms with Crippen LogP contribution in [0.3, 0.4) is 0 Å². The number of halogens is 3. The molecule has 0 saturated carbocycles. The van der Waals surface area contributed by atoms with Crippen molar-refractivity contribution in [2.75, 3.05) is 26.4 Å². The minimum absolute atomic E-state index is 0.0934. The van der Waals surface area contributed by atoms with Gasteiger partial charge in [-0.25, -0.2) is 4.39 Å². The van der Waals surface area contributed by atoms with Crippen LogP contribution in [0.25, 0.3) is 0 Å². The largest absolute Gasteiger partial charge is 0.432 e. The summed E-state index contributed by atoms with van der Waals surface area (Å²) in [6, 6.07) is 3.63. The maximum absolute atomic E-state index is 13.8. The Kier molecular flexibility index (Phi) is 6.53. The monoisotopic (exact) mass is 374 g/mol. The summed E-state index contributed by atoms with van der Waals surface area (Å²) >= 11 is 0. The van der Waals surface area contributed by atoms with Gasteiger partial charge in [-0.3, -0.25) is 0 Å². The van der Waals surface area contributed by atoms with E-state index >= 15 is 0 Å². The second-order valence-corrected chi connectivity index (χ2v) is 6.15. The highest BCUT2D eigenvalue weighted by molar-refractivity contribution is 5.30. The molecule has 0 amide bonds. The normalized spacial score (nSPS) is 30.0. The number of alkyl halides is 2. The highest BCUT2D eigenvalue weighted by atomic mass is 19.3. The molecule has 0 atom stereocenters. The Hall–Kier alpha value is -1.61. The number of allylic oxidation sites excluding steroid dienone is 1. The van der Waals surface area contributed by atoms with Crippen LogP contribution >= 0.6 is 0 Å². The molecular weight excluding hydrogens is 353 g/mol. The van der Waals surface area contributed by atoms with Gasteiger partial charge in [-0.2, -0.15) is 8.78 Å². The van der Waals surface area contributed by atoms with Crippen LogP contribution in [0.2, 0.25) is 0 Å². The van der Waals surface area contributed by atoms with E-state index in [2.05, 4.69) is 4.74 Å². The van der Waals surface area contributed by atoms with Gasteiger partial charge in [0.15, 0.2) is 24.1 Å². The predicted octanol–water partition coefficient (Wildman–Crippen LogP) is 3.65. The molecule has 1 aromatic carbocycles. The van der Waals surface area contributed by atoms with Gasteiger partial charge >= 0.3 is 6.61 Å². The molecule has 0 aromatic heterocycles. The molecular formula is C18H21F3O5. The molecule has 2 saturated heterocycles. The highest BCUT2D eigenvalue weighted by Gasteiger charge is 2.34. The fourth-order valence-corrected chi connectivity index (χ4v) is 2.91. The van der Waals surface area contributed by atoms with E-state index in [4.69, 9.17) is 18.9 Å². The molecule has 3 rings (SSSR count). The zero-order valence-corrected chi connectivity index (χ0v) is 14.3. The van der Waals surface area contributed by atoms with Gasteiger partial charge in [0.05, 0.1) is 32.3 Å². The maximum atomic E-state index is 13.8. The van der Waals surface area contributed by atoms with Crippen LogP contribution in [0, 0.1) is 17.7 Å². The van der Waals surface area contributed by atoms with Gasteiger partial charge in [-0.1, -0.05) is 18.2 Å². The van der Waals surface area contributed by atoms with E-state index in [1.807, 2.05) is 19.1 Å². The molecule has 0 spiro atoms. The van der Waals surface area contributed by atoms with E-state index in [-0.39, 0.29) is 11.8 Å². The maximum Gasteiger partial charge on any atom is 0.387 e. The number of hydrogen-bond acceptors (Lipinski definition) is 5. The van der Waals surface area contributed by atoms with Crippen molar-refractivity contribution in [3.63, 3.8) is 0 Å². The van der Waals surface area contributed by atoms with Gasteiger partial charge in [0.25, 0.3) is 0 Å². The van der Waals surface area contributed by atoms with Crippen molar-refractivity contribution >= 4 is 0 Å². The summed E-state index contributed by atoms with van der Waals surface area (Å²) in [5.74, 6) is -1.27. The first kappa shape index (κ1) is 19.2. The van der Waals surface area contributed by atoms with Gasteiger partial charge < -0.3 is 23.7 Å². The summed E-state index contributed by atoms with van der Waals surface area (Å²) in [6.07, 6.45) is 2.82. The molecule has 2 heterocycles.